The van der Waals surface area contributed by atoms with Crippen LogP contribution in [0.2, 0.25) is 10.0 Å². The second kappa shape index (κ2) is 6.98. The fraction of sp³-hybridized carbons (Fsp3) is 0.538. The molecule has 1 aromatic rings. The number of quaternary nitrogens is 1. The molecule has 1 aliphatic heterocycles. The van der Waals surface area contributed by atoms with E-state index < -0.39 is 10.1 Å². The van der Waals surface area contributed by atoms with Gasteiger partial charge in [0, 0.05) is 5.02 Å². The molecule has 0 saturated carbocycles. The minimum Gasteiger partial charge on any atom is -0.381 e. The lowest BCUT2D eigenvalue weighted by Gasteiger charge is -2.23. The van der Waals surface area contributed by atoms with Gasteiger partial charge in [-0.1, -0.05) is 23.2 Å². The van der Waals surface area contributed by atoms with Gasteiger partial charge in [-0.05, 0) is 37.5 Å². The third-order valence-corrected chi connectivity index (χ3v) is 5.05. The average molecular weight is 339 g/mol. The summed E-state index contributed by atoms with van der Waals surface area (Å²) in [4.78, 5) is 1.32. The molecule has 1 heterocycles. The van der Waals surface area contributed by atoms with Crippen LogP contribution in [0.25, 0.3) is 0 Å². The van der Waals surface area contributed by atoms with Crippen LogP contribution in [0.15, 0.2) is 18.2 Å². The molecule has 0 aromatic heterocycles. The van der Waals surface area contributed by atoms with Gasteiger partial charge < -0.3 is 9.08 Å². The molecule has 0 unspecified atom stereocenters. The van der Waals surface area contributed by atoms with E-state index in [9.17, 15) is 8.42 Å². The van der Waals surface area contributed by atoms with Crippen LogP contribution < -0.4 is 9.08 Å². The topological polar surface area (TPSA) is 47.8 Å². The Bertz CT molecular complexity index is 557. The molecule has 20 heavy (non-hydrogen) atoms. The van der Waals surface area contributed by atoms with Gasteiger partial charge in [-0.15, -0.1) is 0 Å². The average Bonchev–Trinajstić information content (AvgIpc) is 2.41. The van der Waals surface area contributed by atoms with Crippen molar-refractivity contribution in [1.29, 1.82) is 0 Å². The number of nitrogens with one attached hydrogen (secondary N) is 1. The van der Waals surface area contributed by atoms with E-state index in [1.807, 2.05) is 0 Å². The first kappa shape index (κ1) is 15.9. The van der Waals surface area contributed by atoms with Gasteiger partial charge in [-0.3, -0.25) is 0 Å². The van der Waals surface area contributed by atoms with Crippen molar-refractivity contribution in [2.24, 2.45) is 0 Å². The molecule has 1 aliphatic rings. The predicted molar refractivity (Wildman–Crippen MR) is 80.3 cm³/mol. The molecule has 1 saturated heterocycles. The quantitative estimate of drug-likeness (QED) is 0.832. The number of piperidine rings is 1. The Kier molecular flexibility index (Phi) is 5.55. The summed E-state index contributed by atoms with van der Waals surface area (Å²) < 4.78 is 29.0. The van der Waals surface area contributed by atoms with E-state index in [1.165, 1.54) is 36.3 Å². The molecule has 0 aliphatic carbocycles. The van der Waals surface area contributed by atoms with Crippen molar-refractivity contribution in [1.82, 2.24) is 0 Å². The molecule has 1 aromatic carbocycles. The van der Waals surface area contributed by atoms with Crippen LogP contribution in [0.3, 0.4) is 0 Å². The van der Waals surface area contributed by atoms with E-state index in [-0.39, 0.29) is 16.5 Å². The van der Waals surface area contributed by atoms with Gasteiger partial charge in [0.1, 0.15) is 5.75 Å². The van der Waals surface area contributed by atoms with Crippen LogP contribution in [0.5, 0.6) is 5.75 Å². The van der Waals surface area contributed by atoms with Gasteiger partial charge in [0.25, 0.3) is 0 Å². The molecule has 0 bridgehead atoms. The van der Waals surface area contributed by atoms with Gasteiger partial charge in [0.15, 0.2) is 5.75 Å². The summed E-state index contributed by atoms with van der Waals surface area (Å²) in [6, 6.07) is 4.48. The monoisotopic (exact) mass is 338 g/mol. The number of hydrogen-bond acceptors (Lipinski definition) is 3. The Labute approximate surface area is 129 Å². The predicted octanol–water partition coefficient (Wildman–Crippen LogP) is 1.77. The Balaban J connectivity index is 1.93. The SMILES string of the molecule is O=S(=O)(CC[NH+]1CCCCC1)Oc1ccc(Cl)cc1Cl. The zero-order chi connectivity index (χ0) is 14.6. The smallest absolute Gasteiger partial charge is 0.314 e. The lowest BCUT2D eigenvalue weighted by molar-refractivity contribution is -0.902. The van der Waals surface area contributed by atoms with Crippen molar-refractivity contribution in [2.45, 2.75) is 19.3 Å². The fourth-order valence-corrected chi connectivity index (χ4v) is 3.83. The second-order valence-corrected chi connectivity index (χ2v) is 7.51. The first-order valence-electron chi connectivity index (χ1n) is 6.67. The lowest BCUT2D eigenvalue weighted by atomic mass is 10.1. The molecule has 0 radical (unpaired) electrons. The van der Waals surface area contributed by atoms with E-state index in [4.69, 9.17) is 27.4 Å². The molecular formula is C13H18Cl2NO3S+. The first-order valence-corrected chi connectivity index (χ1v) is 9.00. The molecular weight excluding hydrogens is 321 g/mol. The summed E-state index contributed by atoms with van der Waals surface area (Å²) in [5, 5.41) is 0.643. The fourth-order valence-electron chi connectivity index (χ4n) is 2.29. The maximum Gasteiger partial charge on any atom is 0.314 e. The molecule has 0 spiro atoms. The van der Waals surface area contributed by atoms with E-state index in [0.29, 0.717) is 11.6 Å². The number of rotatable bonds is 5. The molecule has 0 atom stereocenters. The van der Waals surface area contributed by atoms with Gasteiger partial charge in [0.2, 0.25) is 0 Å². The first-order chi connectivity index (χ1) is 9.46. The third kappa shape index (κ3) is 4.81. The van der Waals surface area contributed by atoms with Crippen LogP contribution in [0.1, 0.15) is 19.3 Å². The molecule has 7 heteroatoms. The normalized spacial score (nSPS) is 17.1. The third-order valence-electron chi connectivity index (χ3n) is 3.38. The second-order valence-electron chi connectivity index (χ2n) is 4.98. The van der Waals surface area contributed by atoms with Crippen LogP contribution in [-0.4, -0.2) is 33.8 Å². The summed E-state index contributed by atoms with van der Waals surface area (Å²) in [5.41, 5.74) is 0. The highest BCUT2D eigenvalue weighted by molar-refractivity contribution is 7.87. The number of hydrogen-bond donors (Lipinski definition) is 1. The Morgan fingerprint density at radius 1 is 1.15 bits per heavy atom. The summed E-state index contributed by atoms with van der Waals surface area (Å²) in [6.45, 7) is 2.65. The highest BCUT2D eigenvalue weighted by Crippen LogP contribution is 2.28. The van der Waals surface area contributed by atoms with Gasteiger partial charge >= 0.3 is 10.1 Å². The van der Waals surface area contributed by atoms with Crippen LogP contribution in [-0.2, 0) is 10.1 Å². The number of halogens is 2. The van der Waals surface area contributed by atoms with E-state index in [1.54, 1.807) is 6.07 Å². The van der Waals surface area contributed by atoms with Gasteiger partial charge in [-0.25, -0.2) is 0 Å². The molecule has 1 fully saturated rings. The summed E-state index contributed by atoms with van der Waals surface area (Å²) in [7, 11) is -3.62. The van der Waals surface area contributed by atoms with Crippen LogP contribution in [0.4, 0.5) is 0 Å². The van der Waals surface area contributed by atoms with E-state index in [2.05, 4.69) is 0 Å². The van der Waals surface area contributed by atoms with Gasteiger partial charge in [0.05, 0.1) is 24.7 Å². The van der Waals surface area contributed by atoms with Crippen molar-refractivity contribution in [3.63, 3.8) is 0 Å². The maximum absolute atomic E-state index is 12.0. The van der Waals surface area contributed by atoms with Crippen molar-refractivity contribution in [3.05, 3.63) is 28.2 Å². The summed E-state index contributed by atoms with van der Waals surface area (Å²) >= 11 is 11.7. The Morgan fingerprint density at radius 3 is 2.50 bits per heavy atom. The van der Waals surface area contributed by atoms with Crippen LogP contribution >= 0.6 is 23.2 Å². The molecule has 112 valence electrons. The number of benzene rings is 1. The standard InChI is InChI=1S/C13H17Cl2NO3S/c14-11-4-5-13(12(15)10-11)19-20(17,18)9-8-16-6-2-1-3-7-16/h4-5,10H,1-3,6-9H2/p+1. The molecule has 0 amide bonds. The highest BCUT2D eigenvalue weighted by Gasteiger charge is 2.20. The Hall–Kier alpha value is -0.490. The molecule has 1 N–H and O–H groups in total. The maximum atomic E-state index is 12.0. The Morgan fingerprint density at radius 2 is 1.85 bits per heavy atom. The van der Waals surface area contributed by atoms with Crippen molar-refractivity contribution < 1.29 is 17.5 Å². The molecule has 4 nitrogen and oxygen atoms in total. The van der Waals surface area contributed by atoms with Gasteiger partial charge in [-0.2, -0.15) is 8.42 Å². The van der Waals surface area contributed by atoms with Crippen molar-refractivity contribution in [2.75, 3.05) is 25.4 Å². The zero-order valence-corrected chi connectivity index (χ0v) is 13.4. The van der Waals surface area contributed by atoms with E-state index >= 15 is 0 Å². The van der Waals surface area contributed by atoms with Crippen LogP contribution in [0, 0.1) is 0 Å². The minimum atomic E-state index is -3.62. The summed E-state index contributed by atoms with van der Waals surface area (Å²) in [5.74, 6) is 0.131. The van der Waals surface area contributed by atoms with Crippen molar-refractivity contribution in [3.8, 4) is 5.75 Å². The molecule has 2 rings (SSSR count). The zero-order valence-electron chi connectivity index (χ0n) is 11.1. The lowest BCUT2D eigenvalue weighted by Crippen LogP contribution is -3.13. The summed E-state index contributed by atoms with van der Waals surface area (Å²) in [6.07, 6.45) is 3.58. The highest BCUT2D eigenvalue weighted by atomic mass is 35.5. The number of likely N-dealkylation sites (tertiary alicyclic amines) is 1. The van der Waals surface area contributed by atoms with Crippen molar-refractivity contribution >= 4 is 33.3 Å². The van der Waals surface area contributed by atoms with E-state index in [0.717, 1.165) is 13.1 Å². The minimum absolute atomic E-state index is 0.00128. The largest absolute Gasteiger partial charge is 0.381 e.